The summed E-state index contributed by atoms with van der Waals surface area (Å²) >= 11 is 13.8. The van der Waals surface area contributed by atoms with Gasteiger partial charge in [0, 0.05) is 30.0 Å². The first kappa shape index (κ1) is 21.1. The van der Waals surface area contributed by atoms with Gasteiger partial charge in [-0.15, -0.1) is 11.3 Å². The van der Waals surface area contributed by atoms with E-state index in [2.05, 4.69) is 5.16 Å². The minimum Gasteiger partial charge on any atom is -0.383 e. The molecule has 1 aromatic carbocycles. The molecule has 1 fully saturated rings. The van der Waals surface area contributed by atoms with E-state index in [1.807, 2.05) is 36.3 Å². The Bertz CT molecular complexity index is 872. The SMILES string of the molecule is CC(C)=NOC(C)C(=O)N1CCC(c2nc(-c3ccc(Cl)c(Cl)c3)cs2)CC1. The average Bonchev–Trinajstić information content (AvgIpc) is 3.18. The maximum Gasteiger partial charge on any atom is 0.266 e. The highest BCUT2D eigenvalue weighted by atomic mass is 35.5. The Hall–Kier alpha value is -1.63. The molecule has 1 aliphatic heterocycles. The maximum absolute atomic E-state index is 12.5. The highest BCUT2D eigenvalue weighted by Gasteiger charge is 2.29. The fraction of sp³-hybridized carbons (Fsp3) is 0.450. The van der Waals surface area contributed by atoms with E-state index in [-0.39, 0.29) is 5.91 Å². The first-order chi connectivity index (χ1) is 13.3. The molecule has 8 heteroatoms. The minimum atomic E-state index is -0.562. The minimum absolute atomic E-state index is 0.0147. The molecule has 0 spiro atoms. The molecule has 1 atom stereocenters. The molecule has 150 valence electrons. The molecular formula is C20H23Cl2N3O2S. The third-order valence-electron chi connectivity index (χ3n) is 4.63. The molecule has 1 saturated heterocycles. The number of hydrogen-bond acceptors (Lipinski definition) is 5. The van der Waals surface area contributed by atoms with Gasteiger partial charge in [0.2, 0.25) is 6.10 Å². The normalized spacial score (nSPS) is 16.0. The van der Waals surface area contributed by atoms with Crippen LogP contribution >= 0.6 is 34.5 Å². The lowest BCUT2D eigenvalue weighted by Gasteiger charge is -2.32. The zero-order chi connectivity index (χ0) is 20.3. The molecule has 2 aromatic rings. The van der Waals surface area contributed by atoms with Crippen molar-refractivity contribution in [3.05, 3.63) is 38.6 Å². The quantitative estimate of drug-likeness (QED) is 0.448. The van der Waals surface area contributed by atoms with E-state index in [0.717, 1.165) is 34.8 Å². The zero-order valence-corrected chi connectivity index (χ0v) is 18.4. The molecule has 0 N–H and O–H groups in total. The van der Waals surface area contributed by atoms with E-state index < -0.39 is 6.10 Å². The number of nitrogens with zero attached hydrogens (tertiary/aromatic N) is 3. The molecule has 0 aliphatic carbocycles. The summed E-state index contributed by atoms with van der Waals surface area (Å²) in [6, 6.07) is 5.55. The summed E-state index contributed by atoms with van der Waals surface area (Å²) in [4.78, 5) is 24.4. The van der Waals surface area contributed by atoms with Crippen molar-refractivity contribution >= 4 is 46.2 Å². The van der Waals surface area contributed by atoms with Crippen LogP contribution < -0.4 is 0 Å². The first-order valence-electron chi connectivity index (χ1n) is 9.21. The van der Waals surface area contributed by atoms with Crippen molar-refractivity contribution < 1.29 is 9.63 Å². The van der Waals surface area contributed by atoms with Crippen LogP contribution in [0.25, 0.3) is 11.3 Å². The summed E-state index contributed by atoms with van der Waals surface area (Å²) in [6.07, 6.45) is 1.22. The molecule has 1 aliphatic rings. The van der Waals surface area contributed by atoms with E-state index in [1.165, 1.54) is 0 Å². The Balaban J connectivity index is 1.59. The van der Waals surface area contributed by atoms with Gasteiger partial charge in [-0.1, -0.05) is 34.4 Å². The van der Waals surface area contributed by atoms with Crippen molar-refractivity contribution in [1.82, 2.24) is 9.88 Å². The second-order valence-corrected chi connectivity index (χ2v) is 8.79. The summed E-state index contributed by atoms with van der Waals surface area (Å²) in [6.45, 7) is 6.82. The van der Waals surface area contributed by atoms with Crippen LogP contribution in [0.4, 0.5) is 0 Å². The highest BCUT2D eigenvalue weighted by molar-refractivity contribution is 7.10. The van der Waals surface area contributed by atoms with Gasteiger partial charge in [0.05, 0.1) is 26.5 Å². The van der Waals surface area contributed by atoms with Gasteiger partial charge in [0.15, 0.2) is 0 Å². The van der Waals surface area contributed by atoms with Crippen LogP contribution in [0.5, 0.6) is 0 Å². The van der Waals surface area contributed by atoms with Crippen LogP contribution in [-0.4, -0.2) is 40.7 Å². The Kier molecular flexibility index (Phi) is 6.96. The van der Waals surface area contributed by atoms with Crippen molar-refractivity contribution in [2.75, 3.05) is 13.1 Å². The lowest BCUT2D eigenvalue weighted by Crippen LogP contribution is -2.43. The molecule has 5 nitrogen and oxygen atoms in total. The van der Waals surface area contributed by atoms with Crippen molar-refractivity contribution in [2.24, 2.45) is 5.16 Å². The van der Waals surface area contributed by atoms with Gasteiger partial charge in [-0.05, 0) is 45.7 Å². The second-order valence-electron chi connectivity index (χ2n) is 7.09. The molecule has 0 bridgehead atoms. The second kappa shape index (κ2) is 9.25. The number of rotatable bonds is 5. The van der Waals surface area contributed by atoms with E-state index in [9.17, 15) is 4.79 Å². The molecule has 2 heterocycles. The zero-order valence-electron chi connectivity index (χ0n) is 16.1. The topological polar surface area (TPSA) is 54.8 Å². The number of likely N-dealkylation sites (tertiary alicyclic amines) is 1. The van der Waals surface area contributed by atoms with Gasteiger partial charge < -0.3 is 9.74 Å². The third kappa shape index (κ3) is 5.04. The number of oxime groups is 1. The van der Waals surface area contributed by atoms with Gasteiger partial charge in [-0.2, -0.15) is 0 Å². The van der Waals surface area contributed by atoms with Crippen LogP contribution in [-0.2, 0) is 9.63 Å². The Morgan fingerprint density at radius 1 is 1.29 bits per heavy atom. The number of carbonyl (C=O) groups is 1. The number of carbonyl (C=O) groups excluding carboxylic acids is 1. The van der Waals surface area contributed by atoms with Crippen LogP contribution in [0.3, 0.4) is 0 Å². The van der Waals surface area contributed by atoms with E-state index in [0.29, 0.717) is 29.1 Å². The Morgan fingerprint density at radius 3 is 2.64 bits per heavy atom. The molecule has 1 unspecified atom stereocenters. The number of amides is 1. The Labute approximate surface area is 179 Å². The smallest absolute Gasteiger partial charge is 0.266 e. The first-order valence-corrected chi connectivity index (χ1v) is 10.9. The summed E-state index contributed by atoms with van der Waals surface area (Å²) in [5, 5.41) is 8.10. The molecule has 3 rings (SSSR count). The average molecular weight is 440 g/mol. The maximum atomic E-state index is 12.5. The fourth-order valence-corrected chi connectivity index (χ4v) is 4.40. The standard InChI is InChI=1S/C20H23Cl2N3O2S/c1-12(2)24-27-13(3)20(26)25-8-6-14(7-9-25)19-23-18(11-28-19)15-4-5-16(21)17(22)10-15/h4-5,10-11,13-14H,6-9H2,1-3H3. The number of piperidine rings is 1. The van der Waals surface area contributed by atoms with Crippen molar-refractivity contribution in [2.45, 2.75) is 45.6 Å². The summed E-state index contributed by atoms with van der Waals surface area (Å²) < 4.78 is 0. The van der Waals surface area contributed by atoms with E-state index in [4.69, 9.17) is 33.0 Å². The number of aromatic nitrogens is 1. The molecule has 1 aromatic heterocycles. The van der Waals surface area contributed by atoms with Crippen LogP contribution in [0.1, 0.15) is 44.5 Å². The van der Waals surface area contributed by atoms with Gasteiger partial charge >= 0.3 is 0 Å². The predicted octanol–water partition coefficient (Wildman–Crippen LogP) is 5.62. The van der Waals surface area contributed by atoms with Crippen LogP contribution in [0.15, 0.2) is 28.7 Å². The molecule has 0 radical (unpaired) electrons. The van der Waals surface area contributed by atoms with Gasteiger partial charge in [0.25, 0.3) is 5.91 Å². The number of halogens is 2. The van der Waals surface area contributed by atoms with E-state index in [1.54, 1.807) is 24.3 Å². The lowest BCUT2D eigenvalue weighted by atomic mass is 9.97. The third-order valence-corrected chi connectivity index (χ3v) is 6.38. The van der Waals surface area contributed by atoms with Crippen molar-refractivity contribution in [1.29, 1.82) is 0 Å². The molecule has 28 heavy (non-hydrogen) atoms. The summed E-state index contributed by atoms with van der Waals surface area (Å²) in [7, 11) is 0. The van der Waals surface area contributed by atoms with Gasteiger partial charge in [-0.25, -0.2) is 4.98 Å². The number of thiazole rings is 1. The predicted molar refractivity (Wildman–Crippen MR) is 115 cm³/mol. The van der Waals surface area contributed by atoms with Crippen molar-refractivity contribution in [3.8, 4) is 11.3 Å². The summed E-state index contributed by atoms with van der Waals surface area (Å²) in [5.74, 6) is 0.344. The Morgan fingerprint density at radius 2 is 2.00 bits per heavy atom. The van der Waals surface area contributed by atoms with Gasteiger partial charge in [-0.3, -0.25) is 4.79 Å². The molecular weight excluding hydrogens is 417 g/mol. The van der Waals surface area contributed by atoms with E-state index >= 15 is 0 Å². The largest absolute Gasteiger partial charge is 0.383 e. The molecule has 0 saturated carbocycles. The number of hydrogen-bond donors (Lipinski definition) is 0. The molecule has 1 amide bonds. The number of benzene rings is 1. The van der Waals surface area contributed by atoms with Crippen molar-refractivity contribution in [3.63, 3.8) is 0 Å². The summed E-state index contributed by atoms with van der Waals surface area (Å²) in [5.41, 5.74) is 2.66. The highest BCUT2D eigenvalue weighted by Crippen LogP contribution is 2.34. The van der Waals surface area contributed by atoms with Crippen LogP contribution in [0.2, 0.25) is 10.0 Å². The lowest BCUT2D eigenvalue weighted by molar-refractivity contribution is -0.143. The van der Waals surface area contributed by atoms with Crippen LogP contribution in [0, 0.1) is 0 Å². The monoisotopic (exact) mass is 439 g/mol. The van der Waals surface area contributed by atoms with Gasteiger partial charge in [0.1, 0.15) is 0 Å². The fourth-order valence-electron chi connectivity index (χ4n) is 3.10.